The lowest BCUT2D eigenvalue weighted by Gasteiger charge is -2.12. The Bertz CT molecular complexity index is 896. The van der Waals surface area contributed by atoms with Crippen LogP contribution < -0.4 is 15.4 Å². The Morgan fingerprint density at radius 1 is 1.15 bits per heavy atom. The Morgan fingerprint density at radius 3 is 2.88 bits per heavy atom. The molecule has 0 bridgehead atoms. The van der Waals surface area contributed by atoms with E-state index in [9.17, 15) is 0 Å². The summed E-state index contributed by atoms with van der Waals surface area (Å²) >= 11 is 0. The summed E-state index contributed by atoms with van der Waals surface area (Å²) in [7, 11) is 0. The van der Waals surface area contributed by atoms with E-state index >= 15 is 0 Å². The first-order valence-electron chi connectivity index (χ1n) is 9.26. The van der Waals surface area contributed by atoms with Crippen molar-refractivity contribution in [1.29, 1.82) is 0 Å². The van der Waals surface area contributed by atoms with Crippen molar-refractivity contribution >= 4 is 16.9 Å². The number of hydrogen-bond acceptors (Lipinski definition) is 6. The number of nitrogens with zero attached hydrogens (tertiary/aromatic N) is 3. The van der Waals surface area contributed by atoms with Crippen molar-refractivity contribution < 1.29 is 4.74 Å². The van der Waals surface area contributed by atoms with Crippen LogP contribution in [0.15, 0.2) is 30.6 Å². The molecule has 0 aromatic carbocycles. The molecule has 4 heterocycles. The third-order valence-corrected chi connectivity index (χ3v) is 4.94. The first-order chi connectivity index (χ1) is 12.8. The molecule has 2 aliphatic rings. The van der Waals surface area contributed by atoms with Crippen molar-refractivity contribution in [3.05, 3.63) is 42.0 Å². The molecule has 1 saturated carbocycles. The number of hydrogen-bond donors (Lipinski definition) is 3. The molecule has 7 heteroatoms. The summed E-state index contributed by atoms with van der Waals surface area (Å²) in [4.78, 5) is 17.0. The molecule has 3 aromatic rings. The average molecular weight is 350 g/mol. The number of anilines is 1. The van der Waals surface area contributed by atoms with Crippen LogP contribution in [-0.4, -0.2) is 39.1 Å². The van der Waals surface area contributed by atoms with Gasteiger partial charge in [-0.25, -0.2) is 15.0 Å². The van der Waals surface area contributed by atoms with Crippen LogP contribution in [0.5, 0.6) is 5.88 Å². The van der Waals surface area contributed by atoms with Crippen LogP contribution in [0.4, 0.5) is 5.82 Å². The van der Waals surface area contributed by atoms with Gasteiger partial charge in [0.25, 0.3) is 0 Å². The Labute approximate surface area is 151 Å². The van der Waals surface area contributed by atoms with E-state index in [0.29, 0.717) is 18.3 Å². The molecular weight excluding hydrogens is 328 g/mol. The van der Waals surface area contributed by atoms with Crippen LogP contribution in [0.25, 0.3) is 11.0 Å². The topological polar surface area (TPSA) is 87.8 Å². The van der Waals surface area contributed by atoms with Gasteiger partial charge in [0.2, 0.25) is 5.88 Å². The Hall–Kier alpha value is -2.67. The van der Waals surface area contributed by atoms with Crippen molar-refractivity contribution in [2.24, 2.45) is 0 Å². The first kappa shape index (κ1) is 15.6. The van der Waals surface area contributed by atoms with Gasteiger partial charge in [-0.2, -0.15) is 0 Å². The van der Waals surface area contributed by atoms with E-state index in [2.05, 4.69) is 31.7 Å². The predicted octanol–water partition coefficient (Wildman–Crippen LogP) is 2.58. The minimum absolute atomic E-state index is 0.232. The first-order valence-corrected chi connectivity index (χ1v) is 9.26. The third kappa shape index (κ3) is 3.22. The smallest absolute Gasteiger partial charge is 0.213 e. The van der Waals surface area contributed by atoms with E-state index in [1.54, 1.807) is 0 Å². The lowest BCUT2D eigenvalue weighted by molar-refractivity contribution is 0.214. The third-order valence-electron chi connectivity index (χ3n) is 4.94. The van der Waals surface area contributed by atoms with E-state index in [0.717, 1.165) is 47.7 Å². The lowest BCUT2D eigenvalue weighted by atomic mass is 10.2. The highest BCUT2D eigenvalue weighted by molar-refractivity contribution is 5.87. The van der Waals surface area contributed by atoms with Crippen LogP contribution in [0.1, 0.15) is 36.6 Å². The monoisotopic (exact) mass is 350 g/mol. The number of fused-ring (bicyclic) bond motifs is 1. The zero-order valence-electron chi connectivity index (χ0n) is 14.5. The Morgan fingerprint density at radius 2 is 2.12 bits per heavy atom. The molecule has 134 valence electrons. The molecule has 7 nitrogen and oxygen atoms in total. The van der Waals surface area contributed by atoms with Crippen LogP contribution in [0, 0.1) is 0 Å². The standard InChI is InChI=1S/C19H22N6O/c1-4-16(26-14-5-7-20-11-14)22-9-12(1)10-23-19-15-6-8-21-18(15)24-17(25-19)13-2-3-13/h1,4,6,8-9,13-14,20H,2-3,5,7,10-11H2,(H2,21,23,24,25). The summed E-state index contributed by atoms with van der Waals surface area (Å²) in [6.45, 7) is 2.58. The number of pyridine rings is 1. The number of nitrogens with one attached hydrogen (secondary N) is 3. The number of rotatable bonds is 6. The van der Waals surface area contributed by atoms with Gasteiger partial charge in [0.15, 0.2) is 0 Å². The molecule has 1 atom stereocenters. The SMILES string of the molecule is c1cc2c(NCc3ccc(OC4CCNC4)nc3)nc(C3CC3)nc2[nH]1. The van der Waals surface area contributed by atoms with Gasteiger partial charge in [0.1, 0.15) is 23.4 Å². The van der Waals surface area contributed by atoms with Gasteiger partial charge in [-0.05, 0) is 37.4 Å². The average Bonchev–Trinajstić information content (AvgIpc) is 3.18. The van der Waals surface area contributed by atoms with Crippen molar-refractivity contribution in [2.75, 3.05) is 18.4 Å². The fraction of sp³-hybridized carbons (Fsp3) is 0.421. The zero-order chi connectivity index (χ0) is 17.3. The van der Waals surface area contributed by atoms with Gasteiger partial charge in [-0.1, -0.05) is 6.07 Å². The molecular formula is C19H22N6O. The van der Waals surface area contributed by atoms with E-state index < -0.39 is 0 Å². The molecule has 0 radical (unpaired) electrons. The largest absolute Gasteiger partial charge is 0.473 e. The molecule has 0 spiro atoms. The maximum absolute atomic E-state index is 5.87. The zero-order valence-corrected chi connectivity index (χ0v) is 14.5. The summed E-state index contributed by atoms with van der Waals surface area (Å²) in [6, 6.07) is 6.00. The van der Waals surface area contributed by atoms with Gasteiger partial charge in [0.05, 0.1) is 5.39 Å². The molecule has 0 amide bonds. The summed E-state index contributed by atoms with van der Waals surface area (Å²) in [5.74, 6) is 3.03. The number of ether oxygens (including phenoxy) is 1. The quantitative estimate of drug-likeness (QED) is 0.633. The molecule has 2 fully saturated rings. The summed E-state index contributed by atoms with van der Waals surface area (Å²) in [6.07, 6.45) is 7.42. The van der Waals surface area contributed by atoms with Gasteiger partial charge < -0.3 is 20.4 Å². The van der Waals surface area contributed by atoms with Crippen LogP contribution >= 0.6 is 0 Å². The summed E-state index contributed by atoms with van der Waals surface area (Å²) < 4.78 is 5.87. The fourth-order valence-electron chi connectivity index (χ4n) is 3.29. The van der Waals surface area contributed by atoms with E-state index in [1.807, 2.05) is 24.5 Å². The number of H-pyrrole nitrogens is 1. The van der Waals surface area contributed by atoms with E-state index in [-0.39, 0.29) is 6.10 Å². The van der Waals surface area contributed by atoms with Gasteiger partial charge in [-0.3, -0.25) is 0 Å². The molecule has 26 heavy (non-hydrogen) atoms. The molecule has 1 saturated heterocycles. The highest BCUT2D eigenvalue weighted by Crippen LogP contribution is 2.39. The lowest BCUT2D eigenvalue weighted by Crippen LogP contribution is -2.20. The Balaban J connectivity index is 1.28. The second kappa shape index (κ2) is 6.57. The molecule has 3 N–H and O–H groups in total. The van der Waals surface area contributed by atoms with Crippen molar-refractivity contribution in [3.8, 4) is 5.88 Å². The molecule has 1 aliphatic carbocycles. The van der Waals surface area contributed by atoms with Gasteiger partial charge in [0, 0.05) is 37.5 Å². The van der Waals surface area contributed by atoms with Gasteiger partial charge in [-0.15, -0.1) is 0 Å². The van der Waals surface area contributed by atoms with Crippen LogP contribution in [0.2, 0.25) is 0 Å². The summed E-state index contributed by atoms with van der Waals surface area (Å²) in [5.41, 5.74) is 1.99. The second-order valence-electron chi connectivity index (χ2n) is 7.04. The highest BCUT2D eigenvalue weighted by atomic mass is 16.5. The fourth-order valence-corrected chi connectivity index (χ4v) is 3.29. The maximum atomic E-state index is 5.87. The Kier molecular flexibility index (Phi) is 3.93. The minimum atomic E-state index is 0.232. The van der Waals surface area contributed by atoms with Gasteiger partial charge >= 0.3 is 0 Å². The van der Waals surface area contributed by atoms with E-state index in [1.165, 1.54) is 12.8 Å². The van der Waals surface area contributed by atoms with Crippen molar-refractivity contribution in [2.45, 2.75) is 37.8 Å². The number of aromatic amines is 1. The van der Waals surface area contributed by atoms with Crippen LogP contribution in [-0.2, 0) is 6.54 Å². The van der Waals surface area contributed by atoms with E-state index in [4.69, 9.17) is 9.72 Å². The number of aromatic nitrogens is 4. The minimum Gasteiger partial charge on any atom is -0.473 e. The molecule has 1 aliphatic heterocycles. The van der Waals surface area contributed by atoms with Crippen molar-refractivity contribution in [1.82, 2.24) is 25.3 Å². The molecule has 5 rings (SSSR count). The van der Waals surface area contributed by atoms with Crippen LogP contribution in [0.3, 0.4) is 0 Å². The van der Waals surface area contributed by atoms with Crippen molar-refractivity contribution in [3.63, 3.8) is 0 Å². The second-order valence-corrected chi connectivity index (χ2v) is 7.04. The highest BCUT2D eigenvalue weighted by Gasteiger charge is 2.27. The predicted molar refractivity (Wildman–Crippen MR) is 99.3 cm³/mol. The maximum Gasteiger partial charge on any atom is 0.213 e. The molecule has 1 unspecified atom stereocenters. The summed E-state index contributed by atoms with van der Waals surface area (Å²) in [5, 5.41) is 7.76. The molecule has 3 aromatic heterocycles. The normalized spacial score (nSPS) is 19.8.